The van der Waals surface area contributed by atoms with Gasteiger partial charge in [0.2, 0.25) is 16.1 Å². The van der Waals surface area contributed by atoms with Gasteiger partial charge in [-0.1, -0.05) is 0 Å². The number of nitrogens with one attached hydrogen (secondary N) is 1. The predicted octanol–water partition coefficient (Wildman–Crippen LogP) is 0.738. The fourth-order valence-corrected chi connectivity index (χ4v) is 2.75. The molecule has 0 saturated carbocycles. The molecule has 23 heavy (non-hydrogen) atoms. The molecule has 0 bridgehead atoms. The van der Waals surface area contributed by atoms with E-state index in [9.17, 15) is 26.8 Å². The lowest BCUT2D eigenvalue weighted by atomic mass is 10.3. The molecule has 128 valence electrons. The molecule has 1 N–H and O–H groups in total. The summed E-state index contributed by atoms with van der Waals surface area (Å²) in [5, 5.41) is 0. The van der Waals surface area contributed by atoms with E-state index >= 15 is 0 Å². The van der Waals surface area contributed by atoms with E-state index in [0.717, 1.165) is 6.07 Å². The van der Waals surface area contributed by atoms with Crippen LogP contribution in [0.4, 0.5) is 8.78 Å². The highest BCUT2D eigenvalue weighted by atomic mass is 32.2. The Morgan fingerprint density at radius 1 is 1.13 bits per heavy atom. The number of esters is 2. The summed E-state index contributed by atoms with van der Waals surface area (Å²) < 4.78 is 61.5. The minimum atomic E-state index is -4.63. The van der Waals surface area contributed by atoms with Crippen LogP contribution in [-0.2, 0) is 29.1 Å². The van der Waals surface area contributed by atoms with Crippen molar-refractivity contribution in [3.63, 3.8) is 0 Å². The van der Waals surface area contributed by atoms with Crippen LogP contribution in [0.2, 0.25) is 0 Å². The van der Waals surface area contributed by atoms with Gasteiger partial charge >= 0.3 is 11.9 Å². The van der Waals surface area contributed by atoms with E-state index in [4.69, 9.17) is 0 Å². The van der Waals surface area contributed by atoms with Gasteiger partial charge in [0.25, 0.3) is 0 Å². The number of carbonyl (C=O) groups excluding carboxylic acids is 2. The second-order valence-corrected chi connectivity index (χ2v) is 5.82. The van der Waals surface area contributed by atoms with Gasteiger partial charge in [0.15, 0.2) is 0 Å². The third kappa shape index (κ3) is 4.96. The van der Waals surface area contributed by atoms with Crippen molar-refractivity contribution in [3.8, 4) is 0 Å². The Hall–Kier alpha value is -2.07. The van der Waals surface area contributed by atoms with Crippen molar-refractivity contribution < 1.29 is 36.3 Å². The molecule has 0 unspecified atom stereocenters. The van der Waals surface area contributed by atoms with Gasteiger partial charge in [-0.15, -0.1) is 0 Å². The summed E-state index contributed by atoms with van der Waals surface area (Å²) in [5.74, 6) is -4.74. The van der Waals surface area contributed by atoms with E-state index in [-0.39, 0.29) is 13.2 Å². The van der Waals surface area contributed by atoms with Crippen LogP contribution in [0.5, 0.6) is 0 Å². The monoisotopic (exact) mass is 351 g/mol. The van der Waals surface area contributed by atoms with Gasteiger partial charge in [-0.3, -0.25) is 0 Å². The maximum Gasteiger partial charge on any atom is 0.335 e. The molecule has 0 saturated heterocycles. The zero-order valence-corrected chi connectivity index (χ0v) is 13.2. The number of carbonyl (C=O) groups is 2. The zero-order chi connectivity index (χ0) is 17.6. The topological polar surface area (TPSA) is 98.8 Å². The van der Waals surface area contributed by atoms with Crippen molar-refractivity contribution >= 4 is 22.0 Å². The standard InChI is InChI=1S/C13H15F2NO6S/c1-3-21-12(17)11(13(18)22-4-2)16-23(19,20)10-6-5-8(14)7-9(10)15/h5-7,11,16H,3-4H2,1-2H3. The van der Waals surface area contributed by atoms with Crippen molar-refractivity contribution in [1.82, 2.24) is 4.72 Å². The fourth-order valence-electron chi connectivity index (χ4n) is 1.56. The van der Waals surface area contributed by atoms with E-state index in [1.165, 1.54) is 13.8 Å². The first kappa shape index (κ1) is 19.0. The van der Waals surface area contributed by atoms with Gasteiger partial charge in [0.1, 0.15) is 16.5 Å². The Morgan fingerprint density at radius 3 is 2.09 bits per heavy atom. The van der Waals surface area contributed by atoms with Crippen LogP contribution in [0.1, 0.15) is 13.8 Å². The Morgan fingerprint density at radius 2 is 1.65 bits per heavy atom. The minimum Gasteiger partial charge on any atom is -0.464 e. The largest absolute Gasteiger partial charge is 0.464 e. The zero-order valence-electron chi connectivity index (χ0n) is 12.3. The maximum absolute atomic E-state index is 13.6. The van der Waals surface area contributed by atoms with E-state index < -0.39 is 44.5 Å². The average molecular weight is 351 g/mol. The maximum atomic E-state index is 13.6. The molecule has 0 spiro atoms. The molecule has 1 aromatic carbocycles. The number of benzene rings is 1. The van der Waals surface area contributed by atoms with Crippen LogP contribution < -0.4 is 4.72 Å². The summed E-state index contributed by atoms with van der Waals surface area (Å²) in [6.07, 6.45) is 0. The predicted molar refractivity (Wildman–Crippen MR) is 73.7 cm³/mol. The molecule has 0 amide bonds. The summed E-state index contributed by atoms with van der Waals surface area (Å²) in [6.45, 7) is 2.69. The quantitative estimate of drug-likeness (QED) is 0.575. The number of halogens is 2. The first-order valence-electron chi connectivity index (χ1n) is 6.53. The van der Waals surface area contributed by atoms with E-state index in [1.807, 2.05) is 0 Å². The number of hydrogen-bond donors (Lipinski definition) is 1. The normalized spacial score (nSPS) is 11.3. The summed E-state index contributed by atoms with van der Waals surface area (Å²) in [7, 11) is -4.63. The highest BCUT2D eigenvalue weighted by Crippen LogP contribution is 2.16. The Labute approximate surface area is 131 Å². The van der Waals surface area contributed by atoms with Crippen molar-refractivity contribution in [3.05, 3.63) is 29.8 Å². The van der Waals surface area contributed by atoms with Gasteiger partial charge in [0.05, 0.1) is 13.2 Å². The Balaban J connectivity index is 3.14. The molecule has 1 rings (SSSR count). The van der Waals surface area contributed by atoms with Crippen LogP contribution in [0.3, 0.4) is 0 Å². The fraction of sp³-hybridized carbons (Fsp3) is 0.385. The molecule has 0 aliphatic rings. The third-order valence-electron chi connectivity index (χ3n) is 2.50. The van der Waals surface area contributed by atoms with Crippen molar-refractivity contribution in [2.45, 2.75) is 24.8 Å². The van der Waals surface area contributed by atoms with E-state index in [2.05, 4.69) is 9.47 Å². The van der Waals surface area contributed by atoms with Gasteiger partial charge in [0, 0.05) is 6.07 Å². The number of rotatable bonds is 7. The summed E-state index contributed by atoms with van der Waals surface area (Å²) in [6, 6.07) is -0.246. The molecule has 0 radical (unpaired) electrons. The summed E-state index contributed by atoms with van der Waals surface area (Å²) in [5.41, 5.74) is 0. The number of ether oxygens (including phenoxy) is 2. The SMILES string of the molecule is CCOC(=O)C(NS(=O)(=O)c1ccc(F)cc1F)C(=O)OCC. The van der Waals surface area contributed by atoms with Crippen LogP contribution in [0.25, 0.3) is 0 Å². The molecule has 1 aromatic rings. The van der Waals surface area contributed by atoms with E-state index in [1.54, 1.807) is 4.72 Å². The van der Waals surface area contributed by atoms with E-state index in [0.29, 0.717) is 12.1 Å². The first-order chi connectivity index (χ1) is 10.7. The first-order valence-corrected chi connectivity index (χ1v) is 8.01. The molecule has 10 heteroatoms. The average Bonchev–Trinajstić information content (AvgIpc) is 2.44. The second kappa shape index (κ2) is 7.97. The van der Waals surface area contributed by atoms with Crippen LogP contribution in [0.15, 0.2) is 23.1 Å². The second-order valence-electron chi connectivity index (χ2n) is 4.13. The summed E-state index contributed by atoms with van der Waals surface area (Å²) >= 11 is 0. The lowest BCUT2D eigenvalue weighted by Crippen LogP contribution is -2.48. The van der Waals surface area contributed by atoms with Gasteiger partial charge < -0.3 is 9.47 Å². The van der Waals surface area contributed by atoms with Crippen LogP contribution in [0, 0.1) is 11.6 Å². The van der Waals surface area contributed by atoms with Crippen molar-refractivity contribution in [1.29, 1.82) is 0 Å². The number of hydrogen-bond acceptors (Lipinski definition) is 6. The lowest BCUT2D eigenvalue weighted by molar-refractivity contribution is -0.157. The lowest BCUT2D eigenvalue weighted by Gasteiger charge is -2.16. The van der Waals surface area contributed by atoms with Crippen LogP contribution >= 0.6 is 0 Å². The summed E-state index contributed by atoms with van der Waals surface area (Å²) in [4.78, 5) is 22.5. The smallest absolute Gasteiger partial charge is 0.335 e. The van der Waals surface area contributed by atoms with Gasteiger partial charge in [-0.05, 0) is 26.0 Å². The molecule has 0 heterocycles. The molecule has 0 aliphatic carbocycles. The van der Waals surface area contributed by atoms with Crippen molar-refractivity contribution in [2.75, 3.05) is 13.2 Å². The molecular formula is C13H15F2NO6S. The molecule has 0 aliphatic heterocycles. The third-order valence-corrected chi connectivity index (χ3v) is 3.96. The van der Waals surface area contributed by atoms with Crippen molar-refractivity contribution in [2.24, 2.45) is 0 Å². The highest BCUT2D eigenvalue weighted by molar-refractivity contribution is 7.89. The van der Waals surface area contributed by atoms with Gasteiger partial charge in [-0.2, -0.15) is 4.72 Å². The Bertz CT molecular complexity index is 674. The van der Waals surface area contributed by atoms with Crippen LogP contribution in [-0.4, -0.2) is 39.6 Å². The molecular weight excluding hydrogens is 336 g/mol. The molecule has 0 atom stereocenters. The number of sulfonamides is 1. The van der Waals surface area contributed by atoms with Gasteiger partial charge in [-0.25, -0.2) is 26.8 Å². The minimum absolute atomic E-state index is 0.110. The molecule has 0 fully saturated rings. The Kier molecular flexibility index (Phi) is 6.58. The highest BCUT2D eigenvalue weighted by Gasteiger charge is 2.35. The molecule has 7 nitrogen and oxygen atoms in total. The molecule has 0 aromatic heterocycles.